The molecule has 22 nitrogen and oxygen atoms in total. The van der Waals surface area contributed by atoms with Gasteiger partial charge in [0.15, 0.2) is 11.2 Å². The van der Waals surface area contributed by atoms with Crippen LogP contribution in [0.25, 0.3) is 27.5 Å². The summed E-state index contributed by atoms with van der Waals surface area (Å²) in [6, 6.07) is -0.778. The van der Waals surface area contributed by atoms with Crippen LogP contribution in [0.5, 0.6) is 0 Å². The number of nitrogen functional groups attached to an aromatic ring is 1. The molecule has 0 saturated carbocycles. The van der Waals surface area contributed by atoms with E-state index in [2.05, 4.69) is 53.8 Å². The number of benzene rings is 1. The van der Waals surface area contributed by atoms with E-state index in [1.54, 1.807) is 12.1 Å². The number of fused-ring (bicyclic) bond motifs is 1. The van der Waals surface area contributed by atoms with Crippen molar-refractivity contribution in [2.75, 3.05) is 16.8 Å². The monoisotopic (exact) mass is 853 g/mol. The fraction of sp³-hybridized carbons (Fsp3) is 0.367. The first kappa shape index (κ1) is 44.5. The Morgan fingerprint density at radius 1 is 0.926 bits per heavy atom. The average molecular weight is 855 g/mol. The second-order valence-electron chi connectivity index (χ2n) is 11.0. The Hall–Kier alpha value is -5.71. The molecule has 0 saturated heterocycles. The quantitative estimate of drug-likeness (QED) is 0.0744. The number of rotatable bonds is 20. The average Bonchev–Trinajstić information content (AvgIpc) is 3.13. The number of carboxylic acid groups (broad SMARTS) is 3. The first-order valence-corrected chi connectivity index (χ1v) is 16.7. The summed E-state index contributed by atoms with van der Waals surface area (Å²) >= 11 is 5.49. The number of nitrogens with two attached hydrogens (primary N) is 1. The number of nitrogens with zero attached hydrogens (tertiary/aromatic N) is 5. The third kappa shape index (κ3) is 14.0. The molecule has 3 rings (SSSR count). The number of aliphatic carboxylic acids is 3. The van der Waals surface area contributed by atoms with Gasteiger partial charge in [0, 0.05) is 42.3 Å². The molecule has 54 heavy (non-hydrogen) atoms. The molecule has 0 fully saturated rings. The zero-order valence-corrected chi connectivity index (χ0v) is 30.4. The maximum absolute atomic E-state index is 12.8. The maximum atomic E-state index is 12.8. The van der Waals surface area contributed by atoms with Crippen molar-refractivity contribution >= 4 is 76.8 Å². The molecule has 0 aliphatic carbocycles. The summed E-state index contributed by atoms with van der Waals surface area (Å²) in [5, 5.41) is 39.7. The zero-order valence-electron chi connectivity index (χ0n) is 27.8. The number of carboxylic acids is 3. The van der Waals surface area contributed by atoms with Gasteiger partial charge in [0.1, 0.15) is 11.8 Å². The van der Waals surface area contributed by atoms with E-state index in [-0.39, 0.29) is 48.5 Å². The number of Topliss-reactive ketones (excluding diaryl/α,β-unsaturated/α-hetero) is 1. The first-order valence-electron chi connectivity index (χ1n) is 15.4. The molecule has 287 valence electrons. The number of H-pyrrole nitrogens is 1. The van der Waals surface area contributed by atoms with Gasteiger partial charge in [-0.3, -0.25) is 29.0 Å². The number of ketones is 1. The van der Waals surface area contributed by atoms with Crippen molar-refractivity contribution in [2.24, 2.45) is 0 Å². The zero-order chi connectivity index (χ0) is 40.5. The molecular formula is C30H32N10O12STc. The molecular weight excluding hydrogens is 822 g/mol. The van der Waals surface area contributed by atoms with Crippen molar-refractivity contribution in [1.82, 2.24) is 25.3 Å². The van der Waals surface area contributed by atoms with Crippen LogP contribution in [0.2, 0.25) is 0 Å². The van der Waals surface area contributed by atoms with Crippen LogP contribution in [0, 0.1) is 0 Å². The Morgan fingerprint density at radius 3 is 2.15 bits per heavy atom. The molecule has 0 aliphatic rings. The fourth-order valence-corrected chi connectivity index (χ4v) is 4.56. The van der Waals surface area contributed by atoms with Crippen molar-refractivity contribution in [2.45, 2.75) is 62.8 Å². The molecule has 2 heterocycles. The second kappa shape index (κ2) is 21.7. The number of anilines is 2. The van der Waals surface area contributed by atoms with E-state index < -0.39 is 89.7 Å². The van der Waals surface area contributed by atoms with Crippen LogP contribution < -0.4 is 21.9 Å². The minimum atomic E-state index is -1.90. The summed E-state index contributed by atoms with van der Waals surface area (Å²) in [7, 11) is 0. The molecule has 3 aromatic rings. The number of carbonyl (C=O) groups excluding carboxylic acids is 4. The van der Waals surface area contributed by atoms with E-state index in [9.17, 15) is 43.5 Å². The van der Waals surface area contributed by atoms with Gasteiger partial charge in [-0.1, -0.05) is 18.5 Å². The van der Waals surface area contributed by atoms with Crippen LogP contribution in [0.3, 0.4) is 0 Å². The number of hydrogen-bond acceptors (Lipinski definition) is 15. The summed E-state index contributed by atoms with van der Waals surface area (Å²) in [4.78, 5) is 111. The molecule has 1 aromatic carbocycles. The van der Waals surface area contributed by atoms with E-state index in [0.717, 1.165) is 18.9 Å². The van der Waals surface area contributed by atoms with Gasteiger partial charge in [-0.15, -0.1) is 0 Å². The van der Waals surface area contributed by atoms with Crippen molar-refractivity contribution in [1.29, 1.82) is 0 Å². The van der Waals surface area contributed by atoms with Gasteiger partial charge < -0.3 is 70.3 Å². The molecule has 0 aliphatic heterocycles. The number of aromatic nitrogens is 4. The van der Waals surface area contributed by atoms with Crippen molar-refractivity contribution in [3.63, 3.8) is 0 Å². The van der Waals surface area contributed by atoms with Gasteiger partial charge in [0.2, 0.25) is 5.95 Å². The van der Waals surface area contributed by atoms with E-state index in [1.165, 1.54) is 18.3 Å². The third-order valence-corrected chi connectivity index (χ3v) is 7.41. The summed E-state index contributed by atoms with van der Waals surface area (Å²) in [5.41, 5.74) is 14.1. The van der Waals surface area contributed by atoms with Crippen LogP contribution in [-0.4, -0.2) is 107 Å². The van der Waals surface area contributed by atoms with E-state index in [1.807, 2.05) is 0 Å². The number of aromatic amines is 1. The SMILES string of the molecule is [NH-][C@@H](CCC(=O)CC[C@@H](NC(=O)c1ccc(NCc2cnc3nc(N)[nH]c(=O)c3n2)cc1)C(=O)O)C(=O)[N-][C@@H](CC(=O)O)C(=O)[N-][C@@H](C[S-])C(=O)O.[O]=[Tc+4]. The number of hydrogen-bond donors (Lipinski definition) is 7. The van der Waals surface area contributed by atoms with E-state index in [0.29, 0.717) is 11.4 Å². The van der Waals surface area contributed by atoms with Gasteiger partial charge in [0.05, 0.1) is 18.4 Å². The molecule has 9 N–H and O–H groups in total. The minimum absolute atomic E-state index is 0.00544. The van der Waals surface area contributed by atoms with Gasteiger partial charge in [0.25, 0.3) is 17.4 Å². The Kier molecular flexibility index (Phi) is 17.9. The van der Waals surface area contributed by atoms with Crippen molar-refractivity contribution in [3.05, 3.63) is 68.4 Å². The van der Waals surface area contributed by atoms with Crippen LogP contribution in [0.15, 0.2) is 35.3 Å². The molecule has 0 spiro atoms. The predicted molar refractivity (Wildman–Crippen MR) is 184 cm³/mol. The topological polar surface area (TPSA) is 371 Å². The van der Waals surface area contributed by atoms with E-state index >= 15 is 0 Å². The second-order valence-corrected chi connectivity index (χ2v) is 11.4. The molecule has 4 atom stereocenters. The van der Waals surface area contributed by atoms with Gasteiger partial charge in [-0.25, -0.2) is 14.8 Å². The molecule has 0 unspecified atom stereocenters. The van der Waals surface area contributed by atoms with Crippen LogP contribution in [-0.2, 0) is 70.3 Å². The van der Waals surface area contributed by atoms with Crippen LogP contribution in [0.4, 0.5) is 11.6 Å². The van der Waals surface area contributed by atoms with E-state index in [4.69, 9.17) is 25.2 Å². The number of amides is 3. The third-order valence-electron chi connectivity index (χ3n) is 7.09. The molecule has 3 amide bonds. The fourth-order valence-electron chi connectivity index (χ4n) is 4.35. The summed E-state index contributed by atoms with van der Waals surface area (Å²) in [6.07, 6.45) is -1.04. The predicted octanol–water partition coefficient (Wildman–Crippen LogP) is 0.163. The standard InChI is InChI=1S/C30H35N10O11S.O.Tc/c31-17(25(45)37-19(9-21(42)43)26(46)38-20(12-52)29(50)51)7-5-16(41)6-8-18(28(48)49)36-24(44)13-1-3-14(4-2-13)33-10-15-11-34-23-22(35-15)27(47)40-30(32)39-23;;/h1-4,11,17-20,31H,5-10,12H2,(H11,32,33,34,36,37,38,39,40,42,43,44,45,46,47,48,49,50,51,52);;/q-1;;+4/p-3/t17-,18+,19-,20-;;/m0../s1. The van der Waals surface area contributed by atoms with Crippen molar-refractivity contribution < 1.29 is 71.2 Å². The Balaban J connectivity index is 0.00000495. The summed E-state index contributed by atoms with van der Waals surface area (Å²) < 4.78 is 8.22. The molecule has 24 heteroatoms. The number of nitrogens with one attached hydrogen (secondary N) is 4. The van der Waals surface area contributed by atoms with Crippen molar-refractivity contribution in [3.8, 4) is 0 Å². The summed E-state index contributed by atoms with van der Waals surface area (Å²) in [6.45, 7) is 0.156. The molecule has 2 aromatic heterocycles. The number of carbonyl (C=O) groups is 7. The Morgan fingerprint density at radius 2 is 1.56 bits per heavy atom. The molecule has 0 bridgehead atoms. The van der Waals surface area contributed by atoms with Gasteiger partial charge in [-0.2, -0.15) is 10.7 Å². The van der Waals surface area contributed by atoms with Crippen LogP contribution in [0.1, 0.15) is 48.2 Å². The van der Waals surface area contributed by atoms with Gasteiger partial charge >= 0.3 is 34.3 Å². The Labute approximate surface area is 320 Å². The van der Waals surface area contributed by atoms with Gasteiger partial charge in [-0.05, 0) is 36.7 Å². The normalized spacial score (nSPS) is 12.8. The Bertz CT molecular complexity index is 1920. The van der Waals surface area contributed by atoms with Crippen LogP contribution >= 0.6 is 0 Å². The molecule has 0 radical (unpaired) electrons. The first-order chi connectivity index (χ1) is 25.6. The summed E-state index contributed by atoms with van der Waals surface area (Å²) in [5.74, 6) is -8.94.